The average Bonchev–Trinajstić information content (AvgIpc) is 3.32. The van der Waals surface area contributed by atoms with Crippen molar-refractivity contribution in [2.75, 3.05) is 43.4 Å². The lowest BCUT2D eigenvalue weighted by Crippen LogP contribution is -2.44. The summed E-state index contributed by atoms with van der Waals surface area (Å²) in [6, 6.07) is 14.0. The molecule has 1 saturated heterocycles. The minimum absolute atomic E-state index is 0.0743. The second kappa shape index (κ2) is 10.6. The van der Waals surface area contributed by atoms with E-state index in [1.54, 1.807) is 17.5 Å². The molecule has 192 valence electrons. The molecular formula is C28H32N6O2S. The molecule has 0 bridgehead atoms. The van der Waals surface area contributed by atoms with Crippen molar-refractivity contribution in [3.8, 4) is 22.8 Å². The maximum absolute atomic E-state index is 10.3. The number of aliphatic hydroxyl groups is 1. The fourth-order valence-electron chi connectivity index (χ4n) is 5.02. The van der Waals surface area contributed by atoms with Crippen molar-refractivity contribution in [3.05, 3.63) is 54.9 Å². The standard InChI is InChI=1S/C28H32N6O2S/c1-33-12-14-34(15-13-33)27-16-19(8-10-30-27)24-17-21(9-11-29-24)36-20-6-7-23-26(18-20)37-28(32-23)31-22-4-2-3-5-25(22)35/h6-11,16-18,22,25,35H,2-5,12-15H2,1H3,(H,31,32)/t22-,25-/m1/s1. The molecule has 1 saturated carbocycles. The average molecular weight is 517 g/mol. The van der Waals surface area contributed by atoms with E-state index >= 15 is 0 Å². The minimum Gasteiger partial charge on any atom is -0.457 e. The number of rotatable bonds is 6. The lowest BCUT2D eigenvalue weighted by molar-refractivity contribution is 0.116. The third kappa shape index (κ3) is 5.53. The highest BCUT2D eigenvalue weighted by atomic mass is 32.1. The molecule has 9 heteroatoms. The molecule has 8 nitrogen and oxygen atoms in total. The van der Waals surface area contributed by atoms with E-state index < -0.39 is 0 Å². The zero-order valence-corrected chi connectivity index (χ0v) is 21.8. The number of ether oxygens (including phenoxy) is 1. The van der Waals surface area contributed by atoms with Gasteiger partial charge in [-0.25, -0.2) is 9.97 Å². The van der Waals surface area contributed by atoms with Gasteiger partial charge in [-0.1, -0.05) is 24.2 Å². The summed E-state index contributed by atoms with van der Waals surface area (Å²) in [5, 5.41) is 14.6. The summed E-state index contributed by atoms with van der Waals surface area (Å²) < 4.78 is 7.28. The molecule has 2 N–H and O–H groups in total. The van der Waals surface area contributed by atoms with Crippen LogP contribution in [0.5, 0.6) is 11.5 Å². The number of piperazine rings is 1. The third-order valence-electron chi connectivity index (χ3n) is 7.23. The Morgan fingerprint density at radius 2 is 1.76 bits per heavy atom. The second-order valence-electron chi connectivity index (χ2n) is 9.92. The summed E-state index contributed by atoms with van der Waals surface area (Å²) in [5.74, 6) is 2.47. The number of hydrogen-bond donors (Lipinski definition) is 2. The molecule has 6 rings (SSSR count). The zero-order chi connectivity index (χ0) is 25.2. The number of fused-ring (bicyclic) bond motifs is 1. The molecule has 1 aliphatic carbocycles. The molecule has 2 fully saturated rings. The van der Waals surface area contributed by atoms with Crippen molar-refractivity contribution in [2.45, 2.75) is 37.8 Å². The van der Waals surface area contributed by atoms with Crippen molar-refractivity contribution in [1.82, 2.24) is 19.9 Å². The molecule has 4 heterocycles. The molecule has 2 aliphatic rings. The van der Waals surface area contributed by atoms with Gasteiger partial charge in [0, 0.05) is 56.3 Å². The number of anilines is 2. The van der Waals surface area contributed by atoms with Gasteiger partial charge in [-0.3, -0.25) is 4.98 Å². The fourth-order valence-corrected chi connectivity index (χ4v) is 5.98. The van der Waals surface area contributed by atoms with Gasteiger partial charge in [0.25, 0.3) is 0 Å². The number of pyridine rings is 2. The van der Waals surface area contributed by atoms with E-state index in [1.807, 2.05) is 42.6 Å². The van der Waals surface area contributed by atoms with Crippen molar-refractivity contribution in [1.29, 1.82) is 0 Å². The summed E-state index contributed by atoms with van der Waals surface area (Å²) in [6.07, 6.45) is 7.39. The first kappa shape index (κ1) is 24.1. The van der Waals surface area contributed by atoms with Crippen LogP contribution in [-0.2, 0) is 0 Å². The van der Waals surface area contributed by atoms with Gasteiger partial charge in [-0.05, 0) is 50.2 Å². The molecule has 0 spiro atoms. The Morgan fingerprint density at radius 3 is 2.62 bits per heavy atom. The minimum atomic E-state index is -0.307. The normalized spacial score (nSPS) is 20.8. The van der Waals surface area contributed by atoms with E-state index in [0.717, 1.165) is 95.8 Å². The van der Waals surface area contributed by atoms with Crippen LogP contribution in [0.15, 0.2) is 54.9 Å². The number of nitrogens with zero attached hydrogens (tertiary/aromatic N) is 5. The Bertz CT molecular complexity index is 1370. The van der Waals surface area contributed by atoms with E-state index in [-0.39, 0.29) is 12.1 Å². The Balaban J connectivity index is 1.17. The molecule has 1 aliphatic heterocycles. The van der Waals surface area contributed by atoms with Gasteiger partial charge in [-0.2, -0.15) is 0 Å². The summed E-state index contributed by atoms with van der Waals surface area (Å²) >= 11 is 1.59. The third-order valence-corrected chi connectivity index (χ3v) is 8.18. The Morgan fingerprint density at radius 1 is 0.946 bits per heavy atom. The molecule has 4 aromatic rings. The number of aromatic nitrogens is 3. The summed E-state index contributed by atoms with van der Waals surface area (Å²) in [4.78, 5) is 18.6. The number of nitrogens with one attached hydrogen (secondary N) is 1. The first-order chi connectivity index (χ1) is 18.1. The van der Waals surface area contributed by atoms with E-state index in [1.165, 1.54) is 0 Å². The van der Waals surface area contributed by atoms with Crippen LogP contribution in [0.2, 0.25) is 0 Å². The van der Waals surface area contributed by atoms with Crippen LogP contribution in [0, 0.1) is 0 Å². The van der Waals surface area contributed by atoms with Gasteiger partial charge in [0.05, 0.1) is 28.1 Å². The summed E-state index contributed by atoms with van der Waals surface area (Å²) in [7, 11) is 2.15. The molecule has 0 unspecified atom stereocenters. The number of benzene rings is 1. The van der Waals surface area contributed by atoms with Crippen molar-refractivity contribution >= 4 is 32.5 Å². The van der Waals surface area contributed by atoms with Gasteiger partial charge in [0.1, 0.15) is 17.3 Å². The van der Waals surface area contributed by atoms with Gasteiger partial charge in [0.2, 0.25) is 0 Å². The summed E-state index contributed by atoms with van der Waals surface area (Å²) in [6.45, 7) is 4.03. The maximum Gasteiger partial charge on any atom is 0.184 e. The monoisotopic (exact) mass is 516 g/mol. The SMILES string of the molecule is CN1CCN(c2cc(-c3cc(Oc4ccc5nc(N[C@@H]6CCCC[C@H]6O)sc5c4)ccn3)ccn2)CC1. The first-order valence-corrected chi connectivity index (χ1v) is 13.8. The van der Waals surface area contributed by atoms with Crippen LogP contribution >= 0.6 is 11.3 Å². The first-order valence-electron chi connectivity index (χ1n) is 13.0. The molecule has 3 aromatic heterocycles. The van der Waals surface area contributed by atoms with Gasteiger partial charge in [0.15, 0.2) is 5.13 Å². The zero-order valence-electron chi connectivity index (χ0n) is 21.0. The lowest BCUT2D eigenvalue weighted by Gasteiger charge is -2.33. The van der Waals surface area contributed by atoms with E-state index in [4.69, 9.17) is 9.72 Å². The number of aliphatic hydroxyl groups excluding tert-OH is 1. The van der Waals surface area contributed by atoms with Crippen LogP contribution in [-0.4, -0.2) is 70.3 Å². The summed E-state index contributed by atoms with van der Waals surface area (Å²) in [5.41, 5.74) is 2.80. The molecule has 2 atom stereocenters. The molecular weight excluding hydrogens is 484 g/mol. The lowest BCUT2D eigenvalue weighted by atomic mass is 9.93. The Kier molecular flexibility index (Phi) is 6.91. The predicted molar refractivity (Wildman–Crippen MR) is 149 cm³/mol. The smallest absolute Gasteiger partial charge is 0.184 e. The van der Waals surface area contributed by atoms with Crippen molar-refractivity contribution in [2.24, 2.45) is 0 Å². The van der Waals surface area contributed by atoms with Crippen LogP contribution in [0.4, 0.5) is 10.9 Å². The number of likely N-dealkylation sites (N-methyl/N-ethyl adjacent to an activating group) is 1. The molecule has 1 aromatic carbocycles. The van der Waals surface area contributed by atoms with Gasteiger partial charge in [-0.15, -0.1) is 0 Å². The molecule has 0 amide bonds. The molecule has 37 heavy (non-hydrogen) atoms. The van der Waals surface area contributed by atoms with Crippen molar-refractivity contribution < 1.29 is 9.84 Å². The number of hydrogen-bond acceptors (Lipinski definition) is 9. The van der Waals surface area contributed by atoms with Gasteiger partial charge >= 0.3 is 0 Å². The van der Waals surface area contributed by atoms with Crippen LogP contribution < -0.4 is 15.0 Å². The maximum atomic E-state index is 10.3. The highest BCUT2D eigenvalue weighted by Crippen LogP contribution is 2.34. The molecule has 0 radical (unpaired) electrons. The topological polar surface area (TPSA) is 86.6 Å². The van der Waals surface area contributed by atoms with E-state index in [9.17, 15) is 5.11 Å². The largest absolute Gasteiger partial charge is 0.457 e. The van der Waals surface area contributed by atoms with Crippen molar-refractivity contribution in [3.63, 3.8) is 0 Å². The van der Waals surface area contributed by atoms with E-state index in [2.05, 4.69) is 38.2 Å². The second-order valence-corrected chi connectivity index (χ2v) is 11.0. The highest BCUT2D eigenvalue weighted by molar-refractivity contribution is 7.22. The highest BCUT2D eigenvalue weighted by Gasteiger charge is 2.24. The predicted octanol–water partition coefficient (Wildman–Crippen LogP) is 5.01. The van der Waals surface area contributed by atoms with Gasteiger partial charge < -0.3 is 25.0 Å². The quantitative estimate of drug-likeness (QED) is 0.370. The Hall–Kier alpha value is -3.27. The Labute approximate surface area is 221 Å². The number of thiazole rings is 1. The fraction of sp³-hybridized carbons (Fsp3) is 0.393. The van der Waals surface area contributed by atoms with Crippen LogP contribution in [0.1, 0.15) is 25.7 Å². The van der Waals surface area contributed by atoms with Crippen LogP contribution in [0.3, 0.4) is 0 Å². The van der Waals surface area contributed by atoms with Crippen LogP contribution in [0.25, 0.3) is 21.5 Å². The van der Waals surface area contributed by atoms with E-state index in [0.29, 0.717) is 0 Å².